The number of carbonyl (C=O) groups is 1. The van der Waals surface area contributed by atoms with Gasteiger partial charge < -0.3 is 16.6 Å². The molecule has 0 saturated heterocycles. The van der Waals surface area contributed by atoms with Gasteiger partial charge in [0.05, 0.1) is 5.56 Å². The third-order valence-corrected chi connectivity index (χ3v) is 4.36. The van der Waals surface area contributed by atoms with E-state index < -0.39 is 5.97 Å². The van der Waals surface area contributed by atoms with E-state index in [1.54, 1.807) is 30.6 Å². The minimum atomic E-state index is -0.948. The number of aromatic nitrogens is 2. The first-order chi connectivity index (χ1) is 17.6. The van der Waals surface area contributed by atoms with Gasteiger partial charge in [0.1, 0.15) is 12.2 Å². The van der Waals surface area contributed by atoms with Gasteiger partial charge in [0.2, 0.25) is 5.84 Å². The van der Waals surface area contributed by atoms with Gasteiger partial charge in [-0.05, 0) is 44.1 Å². The van der Waals surface area contributed by atoms with Crippen LogP contribution in [0.15, 0.2) is 63.1 Å². The van der Waals surface area contributed by atoms with E-state index in [0.29, 0.717) is 17.5 Å². The van der Waals surface area contributed by atoms with Crippen molar-refractivity contribution in [2.24, 2.45) is 31.9 Å². The van der Waals surface area contributed by atoms with Gasteiger partial charge in [0, 0.05) is 24.4 Å². The number of nitrogens with one attached hydrogen (secondary N) is 4. The van der Waals surface area contributed by atoms with Crippen LogP contribution in [0.2, 0.25) is 0 Å². The van der Waals surface area contributed by atoms with Crippen molar-refractivity contribution < 1.29 is 9.90 Å². The number of carboxylic acid groups (broad SMARTS) is 1. The molecular weight excluding hydrogens is 464 g/mol. The van der Waals surface area contributed by atoms with Crippen LogP contribution in [0.4, 0.5) is 0 Å². The number of rotatable bonds is 8. The number of nitrogens with zero attached hydrogens (tertiary/aromatic N) is 6. The van der Waals surface area contributed by atoms with E-state index in [9.17, 15) is 4.79 Å². The minimum Gasteiger partial charge on any atom is -0.478 e. The fourth-order valence-corrected chi connectivity index (χ4v) is 2.68. The lowest BCUT2D eigenvalue weighted by Crippen LogP contribution is -2.34. The van der Waals surface area contributed by atoms with E-state index in [4.69, 9.17) is 16.6 Å². The first kappa shape index (κ1) is 27.8. The normalized spacial score (nSPS) is 13.4. The fraction of sp³-hybridized carbons (Fsp3) is 0.318. The Balaban J connectivity index is 0.000000232. The maximum Gasteiger partial charge on any atom is 0.335 e. The molecule has 0 fully saturated rings. The molecule has 0 aliphatic carbocycles. The van der Waals surface area contributed by atoms with Crippen molar-refractivity contribution in [3.05, 3.63) is 59.7 Å². The monoisotopic (exact) mass is 496 g/mol. The molecule has 36 heavy (non-hydrogen) atoms. The van der Waals surface area contributed by atoms with Gasteiger partial charge in [0.25, 0.3) is 0 Å². The molecule has 1 aromatic heterocycles. The number of nitrogens with two attached hydrogens (primary N) is 2. The van der Waals surface area contributed by atoms with E-state index in [1.165, 1.54) is 18.5 Å². The van der Waals surface area contributed by atoms with Gasteiger partial charge in [-0.2, -0.15) is 20.4 Å². The maximum atomic E-state index is 10.6. The number of hydrazone groups is 4. The zero-order chi connectivity index (χ0) is 26.0. The first-order valence-corrected chi connectivity index (χ1v) is 11.4. The molecule has 2 aliphatic rings. The van der Waals surface area contributed by atoms with E-state index in [2.05, 4.69) is 52.1 Å². The fourth-order valence-electron chi connectivity index (χ4n) is 2.68. The Labute approximate surface area is 209 Å². The van der Waals surface area contributed by atoms with Crippen molar-refractivity contribution in [2.45, 2.75) is 32.6 Å². The van der Waals surface area contributed by atoms with Crippen LogP contribution in [0.5, 0.6) is 0 Å². The van der Waals surface area contributed by atoms with Crippen LogP contribution in [-0.4, -0.2) is 58.0 Å². The van der Waals surface area contributed by atoms with Crippen LogP contribution in [0.3, 0.4) is 0 Å². The number of unbranched alkanes of at least 4 members (excludes halogenated alkanes) is 2. The van der Waals surface area contributed by atoms with Crippen molar-refractivity contribution in [2.75, 3.05) is 13.1 Å². The summed E-state index contributed by atoms with van der Waals surface area (Å²) in [7, 11) is 0. The minimum absolute atomic E-state index is 0.242. The summed E-state index contributed by atoms with van der Waals surface area (Å²) in [6, 6.07) is 8.11. The Hall–Kier alpha value is -4.43. The van der Waals surface area contributed by atoms with Crippen LogP contribution in [0, 0.1) is 0 Å². The zero-order valence-electron chi connectivity index (χ0n) is 20.1. The number of carboxylic acids is 1. The van der Waals surface area contributed by atoms with Gasteiger partial charge in [0.15, 0.2) is 11.7 Å². The number of amidine groups is 3. The standard InChI is InChI=1S/C11H17N7.C9H8N4O2.C2H7N/c12-6-3-1-2-5-9-15-17-11(18-16-9)10-13-7-4-8-14-10;14-9(15)7-3-1-6(2-4-7)8-12-10-5-11-13-8;1-2-3/h4,7-8H,1-3,5-6,12H2,(H,15,16)(H,17,18);1-5H,(H,10,11)(H,12,13)(H,14,15);2-3H2,1H3. The quantitative estimate of drug-likeness (QED) is 0.248. The Morgan fingerprint density at radius 3 is 2.19 bits per heavy atom. The lowest BCUT2D eigenvalue weighted by molar-refractivity contribution is 0.0697. The second-order valence-electron chi connectivity index (χ2n) is 7.16. The summed E-state index contributed by atoms with van der Waals surface area (Å²) in [5.74, 6) is 1.48. The van der Waals surface area contributed by atoms with Gasteiger partial charge in [-0.15, -0.1) is 0 Å². The Morgan fingerprint density at radius 2 is 1.64 bits per heavy atom. The largest absolute Gasteiger partial charge is 0.478 e. The molecule has 192 valence electrons. The molecule has 2 aliphatic heterocycles. The molecule has 14 heteroatoms. The summed E-state index contributed by atoms with van der Waals surface area (Å²) in [6.45, 7) is 3.39. The van der Waals surface area contributed by atoms with Crippen molar-refractivity contribution in [3.63, 3.8) is 0 Å². The van der Waals surface area contributed by atoms with Crippen molar-refractivity contribution in [1.29, 1.82) is 0 Å². The summed E-state index contributed by atoms with van der Waals surface area (Å²) < 4.78 is 0. The highest BCUT2D eigenvalue weighted by atomic mass is 16.4. The third-order valence-electron chi connectivity index (χ3n) is 4.36. The van der Waals surface area contributed by atoms with Crippen molar-refractivity contribution in [1.82, 2.24) is 31.7 Å². The van der Waals surface area contributed by atoms with E-state index >= 15 is 0 Å². The predicted octanol–water partition coefficient (Wildman–Crippen LogP) is 0.311. The summed E-state index contributed by atoms with van der Waals surface area (Å²) in [6.07, 6.45) is 8.81. The molecule has 0 saturated carbocycles. The first-order valence-electron chi connectivity index (χ1n) is 11.4. The average Bonchev–Trinajstić information content (AvgIpc) is 2.93. The summed E-state index contributed by atoms with van der Waals surface area (Å²) in [5.41, 5.74) is 22.3. The van der Waals surface area contributed by atoms with Crippen molar-refractivity contribution in [3.8, 4) is 0 Å². The highest BCUT2D eigenvalue weighted by molar-refractivity contribution is 6.00. The molecule has 3 heterocycles. The lowest BCUT2D eigenvalue weighted by Gasteiger charge is -2.13. The highest BCUT2D eigenvalue weighted by Gasteiger charge is 2.11. The average molecular weight is 497 g/mol. The number of aromatic carboxylic acids is 1. The highest BCUT2D eigenvalue weighted by Crippen LogP contribution is 2.05. The number of hydrogen-bond acceptors (Lipinski definition) is 13. The zero-order valence-corrected chi connectivity index (χ0v) is 20.1. The molecule has 0 spiro atoms. The second-order valence-corrected chi connectivity index (χ2v) is 7.16. The molecule has 0 unspecified atom stereocenters. The molecule has 9 N–H and O–H groups in total. The topological polar surface area (TPSA) is 213 Å². The molecular formula is C22H32N12O2. The Bertz CT molecular complexity index is 1050. The van der Waals surface area contributed by atoms with Crippen LogP contribution >= 0.6 is 0 Å². The Morgan fingerprint density at radius 1 is 0.917 bits per heavy atom. The SMILES string of the molecule is CCN.NCCCCCC1=NNC(c2ncccn2)=NN1.O=C(O)c1ccc(C2=NNC=NN2)cc1. The van der Waals surface area contributed by atoms with Crippen LogP contribution < -0.4 is 33.2 Å². The lowest BCUT2D eigenvalue weighted by atomic mass is 10.1. The summed E-state index contributed by atoms with van der Waals surface area (Å²) in [4.78, 5) is 18.8. The number of benzene rings is 1. The molecule has 1 aromatic carbocycles. The molecule has 0 radical (unpaired) electrons. The van der Waals surface area contributed by atoms with Crippen LogP contribution in [-0.2, 0) is 0 Å². The van der Waals surface area contributed by atoms with Crippen LogP contribution in [0.25, 0.3) is 0 Å². The van der Waals surface area contributed by atoms with E-state index in [0.717, 1.165) is 50.2 Å². The molecule has 4 rings (SSSR count). The second kappa shape index (κ2) is 16.2. The Kier molecular flexibility index (Phi) is 12.5. The summed E-state index contributed by atoms with van der Waals surface area (Å²) in [5, 5.41) is 24.8. The molecule has 0 bridgehead atoms. The summed E-state index contributed by atoms with van der Waals surface area (Å²) >= 11 is 0. The van der Waals surface area contributed by atoms with Crippen LogP contribution in [0.1, 0.15) is 54.4 Å². The third kappa shape index (κ3) is 9.82. The predicted molar refractivity (Wildman–Crippen MR) is 139 cm³/mol. The van der Waals surface area contributed by atoms with Crippen molar-refractivity contribution >= 4 is 29.8 Å². The van der Waals surface area contributed by atoms with E-state index in [-0.39, 0.29) is 5.56 Å². The molecule has 2 aromatic rings. The van der Waals surface area contributed by atoms with Gasteiger partial charge in [-0.1, -0.05) is 25.5 Å². The molecule has 0 amide bonds. The van der Waals surface area contributed by atoms with Gasteiger partial charge >= 0.3 is 5.97 Å². The van der Waals surface area contributed by atoms with Gasteiger partial charge in [-0.3, -0.25) is 21.7 Å². The maximum absolute atomic E-state index is 10.6. The van der Waals surface area contributed by atoms with E-state index in [1.807, 2.05) is 6.92 Å². The molecule has 0 atom stereocenters. The smallest absolute Gasteiger partial charge is 0.335 e. The molecule has 14 nitrogen and oxygen atoms in total. The number of hydrogen-bond donors (Lipinski definition) is 7. The van der Waals surface area contributed by atoms with Gasteiger partial charge in [-0.25, -0.2) is 14.8 Å².